The summed E-state index contributed by atoms with van der Waals surface area (Å²) in [4.78, 5) is 0. The van der Waals surface area contributed by atoms with Crippen LogP contribution in [0.15, 0.2) is 12.1 Å². The molecule has 0 spiro atoms. The number of hydrogen-bond donors (Lipinski definition) is 2. The average molecular weight is 263 g/mol. The molecule has 108 valence electrons. The first kappa shape index (κ1) is 16.2. The topological polar surface area (TPSA) is 32.3 Å². The van der Waals surface area contributed by atoms with Crippen LogP contribution in [-0.2, 0) is 0 Å². The first-order valence-electron chi connectivity index (χ1n) is 7.37. The van der Waals surface area contributed by atoms with Gasteiger partial charge in [0.2, 0.25) is 0 Å². The highest BCUT2D eigenvalue weighted by molar-refractivity contribution is 5.39. The van der Waals surface area contributed by atoms with E-state index in [9.17, 15) is 5.11 Å². The molecule has 2 unspecified atom stereocenters. The quantitative estimate of drug-likeness (QED) is 0.821. The number of hydrogen-bond acceptors (Lipinski definition) is 2. The van der Waals surface area contributed by atoms with Gasteiger partial charge in [-0.2, -0.15) is 0 Å². The molecule has 0 aliphatic carbocycles. The Kier molecular flexibility index (Phi) is 6.02. The molecule has 0 aliphatic heterocycles. The van der Waals surface area contributed by atoms with Crippen LogP contribution in [0.3, 0.4) is 0 Å². The molecular weight excluding hydrogens is 234 g/mol. The molecule has 0 aliphatic rings. The van der Waals surface area contributed by atoms with Crippen LogP contribution < -0.4 is 5.32 Å². The molecule has 19 heavy (non-hydrogen) atoms. The van der Waals surface area contributed by atoms with Gasteiger partial charge in [-0.15, -0.1) is 0 Å². The second-order valence-corrected chi connectivity index (χ2v) is 5.98. The molecule has 0 amide bonds. The Bertz CT molecular complexity index is 389. The van der Waals surface area contributed by atoms with E-state index < -0.39 is 6.10 Å². The van der Waals surface area contributed by atoms with Gasteiger partial charge < -0.3 is 10.4 Å². The number of aliphatic hydroxyl groups is 1. The number of aryl methyl sites for hydroxylation is 3. The maximum absolute atomic E-state index is 10.8. The number of aliphatic hydroxyl groups excluding tert-OH is 1. The van der Waals surface area contributed by atoms with Crippen LogP contribution in [-0.4, -0.2) is 17.7 Å². The monoisotopic (exact) mass is 263 g/mol. The van der Waals surface area contributed by atoms with Crippen molar-refractivity contribution >= 4 is 0 Å². The van der Waals surface area contributed by atoms with Crippen molar-refractivity contribution in [2.24, 2.45) is 5.92 Å². The van der Waals surface area contributed by atoms with E-state index in [2.05, 4.69) is 59.0 Å². The van der Waals surface area contributed by atoms with Crippen molar-refractivity contribution in [3.8, 4) is 0 Å². The van der Waals surface area contributed by atoms with Gasteiger partial charge >= 0.3 is 0 Å². The zero-order valence-electron chi connectivity index (χ0n) is 13.2. The molecule has 0 bridgehead atoms. The van der Waals surface area contributed by atoms with Gasteiger partial charge in [-0.05, 0) is 56.3 Å². The van der Waals surface area contributed by atoms with Crippen molar-refractivity contribution in [2.75, 3.05) is 6.54 Å². The highest BCUT2D eigenvalue weighted by Crippen LogP contribution is 2.28. The van der Waals surface area contributed by atoms with Crippen molar-refractivity contribution in [3.63, 3.8) is 0 Å². The van der Waals surface area contributed by atoms with Gasteiger partial charge in [-0.3, -0.25) is 0 Å². The number of rotatable bonds is 6. The largest absolute Gasteiger partial charge is 0.387 e. The normalized spacial score (nSPS) is 14.7. The van der Waals surface area contributed by atoms with Crippen LogP contribution in [0.4, 0.5) is 0 Å². The minimum absolute atomic E-state index is 0.111. The van der Waals surface area contributed by atoms with Gasteiger partial charge in [0.1, 0.15) is 0 Å². The second-order valence-electron chi connectivity index (χ2n) is 5.98. The Morgan fingerprint density at radius 3 is 2.05 bits per heavy atom. The molecule has 1 aromatic rings. The maximum Gasteiger partial charge on any atom is 0.0950 e. The number of nitrogens with one attached hydrogen (secondary N) is 1. The fourth-order valence-corrected chi connectivity index (χ4v) is 2.86. The maximum atomic E-state index is 10.8. The van der Waals surface area contributed by atoms with Crippen molar-refractivity contribution in [3.05, 3.63) is 34.4 Å². The molecule has 2 atom stereocenters. The second kappa shape index (κ2) is 7.06. The predicted octanol–water partition coefficient (Wildman–Crippen LogP) is 3.67. The molecule has 0 aromatic heterocycles. The Balaban J connectivity index is 3.05. The van der Waals surface area contributed by atoms with E-state index in [1.165, 1.54) is 16.7 Å². The summed E-state index contributed by atoms with van der Waals surface area (Å²) in [5.74, 6) is 0.404. The van der Waals surface area contributed by atoms with Gasteiger partial charge in [0.05, 0.1) is 6.10 Å². The van der Waals surface area contributed by atoms with Crippen LogP contribution in [0.1, 0.15) is 55.5 Å². The molecule has 0 radical (unpaired) electrons. The molecular formula is C17H29NO. The molecule has 2 heteroatoms. The summed E-state index contributed by atoms with van der Waals surface area (Å²) in [6, 6.07) is 4.42. The van der Waals surface area contributed by atoms with E-state index >= 15 is 0 Å². The first-order chi connectivity index (χ1) is 8.88. The summed E-state index contributed by atoms with van der Waals surface area (Å²) in [5, 5.41) is 14.3. The highest BCUT2D eigenvalue weighted by Gasteiger charge is 2.25. The Morgan fingerprint density at radius 1 is 1.11 bits per heavy atom. The van der Waals surface area contributed by atoms with Crippen molar-refractivity contribution in [1.29, 1.82) is 0 Å². The third-order valence-electron chi connectivity index (χ3n) is 3.72. The summed E-state index contributed by atoms with van der Waals surface area (Å²) in [6.45, 7) is 13.7. The Morgan fingerprint density at radius 2 is 1.63 bits per heavy atom. The summed E-state index contributed by atoms with van der Waals surface area (Å²) in [6.07, 6.45) is 0.647. The SMILES string of the molecule is CCCNC(C(C)C)C(O)c1c(C)cc(C)cc1C. The zero-order chi connectivity index (χ0) is 14.6. The van der Waals surface area contributed by atoms with Gasteiger partial charge in [-0.1, -0.05) is 38.5 Å². The fourth-order valence-electron chi connectivity index (χ4n) is 2.86. The lowest BCUT2D eigenvalue weighted by Crippen LogP contribution is -2.40. The molecule has 0 fully saturated rings. The molecule has 2 nitrogen and oxygen atoms in total. The Hall–Kier alpha value is -0.860. The van der Waals surface area contributed by atoms with E-state index in [1.807, 2.05) is 0 Å². The fraction of sp³-hybridized carbons (Fsp3) is 0.647. The van der Waals surface area contributed by atoms with Crippen LogP contribution in [0.25, 0.3) is 0 Å². The smallest absolute Gasteiger partial charge is 0.0950 e. The third-order valence-corrected chi connectivity index (χ3v) is 3.72. The third kappa shape index (κ3) is 4.05. The Labute approximate surface area is 118 Å². The lowest BCUT2D eigenvalue weighted by molar-refractivity contribution is 0.104. The van der Waals surface area contributed by atoms with Crippen molar-refractivity contribution in [1.82, 2.24) is 5.32 Å². The molecule has 2 N–H and O–H groups in total. The molecule has 1 aromatic carbocycles. The van der Waals surface area contributed by atoms with Crippen LogP contribution >= 0.6 is 0 Å². The van der Waals surface area contributed by atoms with E-state index in [1.54, 1.807) is 0 Å². The van der Waals surface area contributed by atoms with Crippen LogP contribution in [0.5, 0.6) is 0 Å². The lowest BCUT2D eigenvalue weighted by Gasteiger charge is -2.30. The van der Waals surface area contributed by atoms with Crippen LogP contribution in [0.2, 0.25) is 0 Å². The highest BCUT2D eigenvalue weighted by atomic mass is 16.3. The van der Waals surface area contributed by atoms with E-state index in [0.717, 1.165) is 18.5 Å². The molecule has 1 rings (SSSR count). The number of benzene rings is 1. The molecule has 0 heterocycles. The summed E-state index contributed by atoms with van der Waals surface area (Å²) >= 11 is 0. The van der Waals surface area contributed by atoms with Crippen molar-refractivity contribution < 1.29 is 5.11 Å². The first-order valence-corrected chi connectivity index (χ1v) is 7.37. The predicted molar refractivity (Wildman–Crippen MR) is 82.5 cm³/mol. The summed E-state index contributed by atoms with van der Waals surface area (Å²) in [7, 11) is 0. The van der Waals surface area contributed by atoms with Gasteiger partial charge in [0.15, 0.2) is 0 Å². The minimum atomic E-state index is -0.438. The van der Waals surface area contributed by atoms with Gasteiger partial charge in [0.25, 0.3) is 0 Å². The van der Waals surface area contributed by atoms with E-state index in [0.29, 0.717) is 5.92 Å². The van der Waals surface area contributed by atoms with Crippen LogP contribution in [0, 0.1) is 26.7 Å². The average Bonchev–Trinajstić information content (AvgIpc) is 2.27. The van der Waals surface area contributed by atoms with Crippen molar-refractivity contribution in [2.45, 2.75) is 60.1 Å². The zero-order valence-corrected chi connectivity index (χ0v) is 13.2. The molecule has 0 saturated heterocycles. The lowest BCUT2D eigenvalue weighted by atomic mass is 9.87. The van der Waals surface area contributed by atoms with E-state index in [4.69, 9.17) is 0 Å². The van der Waals surface area contributed by atoms with Gasteiger partial charge in [0, 0.05) is 6.04 Å². The summed E-state index contributed by atoms with van der Waals surface area (Å²) in [5.41, 5.74) is 4.73. The van der Waals surface area contributed by atoms with E-state index in [-0.39, 0.29) is 6.04 Å². The molecule has 0 saturated carbocycles. The minimum Gasteiger partial charge on any atom is -0.387 e. The standard InChI is InChI=1S/C17H29NO/c1-7-8-18-16(11(2)3)17(19)15-13(5)9-12(4)10-14(15)6/h9-11,16-19H,7-8H2,1-6H3. The van der Waals surface area contributed by atoms with Gasteiger partial charge in [-0.25, -0.2) is 0 Å². The summed E-state index contributed by atoms with van der Waals surface area (Å²) < 4.78 is 0.